The first-order valence-corrected chi connectivity index (χ1v) is 12.6. The Kier molecular flexibility index (Phi) is 11.0. The van der Waals surface area contributed by atoms with Crippen LogP contribution < -0.4 is 9.47 Å². The monoisotopic (exact) mass is 508 g/mol. The Morgan fingerprint density at radius 2 is 1.14 bits per heavy atom. The van der Waals surface area contributed by atoms with Crippen molar-refractivity contribution in [2.45, 2.75) is 73.0 Å². The molecule has 37 heavy (non-hydrogen) atoms. The SMILES string of the molecule is C=C(C)C(=O)OC(C)COc1ccc(C(CC)c2ccc(OCC(C)OC(=O)C(=C)C)c(C)c2)cc1C. The molecule has 0 saturated heterocycles. The largest absolute Gasteiger partial charge is 0.489 e. The third-order valence-electron chi connectivity index (χ3n) is 5.87. The van der Waals surface area contributed by atoms with Crippen molar-refractivity contribution in [3.63, 3.8) is 0 Å². The average Bonchev–Trinajstić information content (AvgIpc) is 2.83. The van der Waals surface area contributed by atoms with Gasteiger partial charge in [0.05, 0.1) is 0 Å². The molecule has 0 N–H and O–H groups in total. The van der Waals surface area contributed by atoms with Crippen molar-refractivity contribution in [2.24, 2.45) is 0 Å². The predicted molar refractivity (Wildman–Crippen MR) is 146 cm³/mol. The molecule has 6 nitrogen and oxygen atoms in total. The van der Waals surface area contributed by atoms with Crippen molar-refractivity contribution in [3.8, 4) is 11.5 Å². The molecule has 200 valence electrons. The van der Waals surface area contributed by atoms with Gasteiger partial charge in [0.1, 0.15) is 36.9 Å². The van der Waals surface area contributed by atoms with Crippen molar-refractivity contribution in [1.82, 2.24) is 0 Å². The van der Waals surface area contributed by atoms with Gasteiger partial charge in [-0.1, -0.05) is 44.3 Å². The molecule has 0 aliphatic rings. The molecule has 2 aromatic rings. The lowest BCUT2D eigenvalue weighted by molar-refractivity contribution is -0.145. The average molecular weight is 509 g/mol. The van der Waals surface area contributed by atoms with Crippen LogP contribution in [0.15, 0.2) is 60.7 Å². The highest BCUT2D eigenvalue weighted by molar-refractivity contribution is 5.87. The van der Waals surface area contributed by atoms with E-state index in [0.29, 0.717) is 11.1 Å². The van der Waals surface area contributed by atoms with Gasteiger partial charge in [0.2, 0.25) is 0 Å². The molecule has 0 amide bonds. The number of benzene rings is 2. The van der Waals surface area contributed by atoms with Crippen LogP contribution in [0.5, 0.6) is 11.5 Å². The molecule has 0 spiro atoms. The summed E-state index contributed by atoms with van der Waals surface area (Å²) in [6.45, 7) is 20.8. The van der Waals surface area contributed by atoms with E-state index < -0.39 is 11.9 Å². The zero-order chi connectivity index (χ0) is 27.7. The topological polar surface area (TPSA) is 71.1 Å². The fourth-order valence-corrected chi connectivity index (χ4v) is 3.82. The molecular weight excluding hydrogens is 468 g/mol. The van der Waals surface area contributed by atoms with Crippen LogP contribution in [0.2, 0.25) is 0 Å². The molecule has 6 heteroatoms. The molecule has 0 aliphatic carbocycles. The molecular formula is C31H40O6. The van der Waals surface area contributed by atoms with Crippen molar-refractivity contribution < 1.29 is 28.5 Å². The molecule has 2 rings (SSSR count). The first kappa shape index (κ1) is 29.7. The summed E-state index contributed by atoms with van der Waals surface area (Å²) in [7, 11) is 0. The molecule has 0 saturated carbocycles. The van der Waals surface area contributed by atoms with Gasteiger partial charge in [0, 0.05) is 17.1 Å². The van der Waals surface area contributed by atoms with E-state index in [-0.39, 0.29) is 31.3 Å². The summed E-state index contributed by atoms with van der Waals surface area (Å²) in [6, 6.07) is 12.4. The number of ether oxygens (including phenoxy) is 4. The van der Waals surface area contributed by atoms with Crippen LogP contribution in [0.4, 0.5) is 0 Å². The Morgan fingerprint density at radius 3 is 1.43 bits per heavy atom. The normalized spacial score (nSPS) is 13.2. The van der Waals surface area contributed by atoms with Crippen molar-refractivity contribution in [2.75, 3.05) is 13.2 Å². The third-order valence-corrected chi connectivity index (χ3v) is 5.87. The van der Waals surface area contributed by atoms with E-state index in [1.807, 2.05) is 26.0 Å². The van der Waals surface area contributed by atoms with Gasteiger partial charge >= 0.3 is 11.9 Å². The number of esters is 2. The Morgan fingerprint density at radius 1 is 0.757 bits per heavy atom. The highest BCUT2D eigenvalue weighted by atomic mass is 16.6. The van der Waals surface area contributed by atoms with E-state index in [1.54, 1.807) is 27.7 Å². The van der Waals surface area contributed by atoms with Crippen LogP contribution >= 0.6 is 0 Å². The molecule has 0 aliphatic heterocycles. The minimum Gasteiger partial charge on any atom is -0.489 e. The molecule has 2 aromatic carbocycles. The first-order valence-electron chi connectivity index (χ1n) is 12.6. The van der Waals surface area contributed by atoms with E-state index in [9.17, 15) is 9.59 Å². The number of aryl methyl sites for hydroxylation is 2. The Balaban J connectivity index is 2.06. The zero-order valence-corrected chi connectivity index (χ0v) is 23.2. The minimum atomic E-state index is -0.415. The molecule has 0 radical (unpaired) electrons. The van der Waals surface area contributed by atoms with Gasteiger partial charge < -0.3 is 18.9 Å². The maximum absolute atomic E-state index is 11.7. The van der Waals surface area contributed by atoms with Gasteiger partial charge in [-0.15, -0.1) is 0 Å². The number of carbonyl (C=O) groups is 2. The molecule has 0 bridgehead atoms. The molecule has 0 fully saturated rings. The van der Waals surface area contributed by atoms with Gasteiger partial charge in [-0.05, 0) is 82.3 Å². The summed E-state index contributed by atoms with van der Waals surface area (Å²) >= 11 is 0. The highest BCUT2D eigenvalue weighted by Crippen LogP contribution is 2.33. The van der Waals surface area contributed by atoms with Crippen molar-refractivity contribution in [1.29, 1.82) is 0 Å². The number of carbonyl (C=O) groups excluding carboxylic acids is 2. The lowest BCUT2D eigenvalue weighted by Crippen LogP contribution is -2.22. The van der Waals surface area contributed by atoms with Gasteiger partial charge in [-0.25, -0.2) is 9.59 Å². The molecule has 0 heterocycles. The predicted octanol–water partition coefficient (Wildman–Crippen LogP) is 6.62. The number of hydrogen-bond donors (Lipinski definition) is 0. The van der Waals surface area contributed by atoms with Crippen LogP contribution in [0, 0.1) is 13.8 Å². The maximum atomic E-state index is 11.7. The lowest BCUT2D eigenvalue weighted by Gasteiger charge is -2.21. The molecule has 2 unspecified atom stereocenters. The smallest absolute Gasteiger partial charge is 0.333 e. The van der Waals surface area contributed by atoms with Gasteiger partial charge in [-0.2, -0.15) is 0 Å². The van der Waals surface area contributed by atoms with Gasteiger partial charge in [-0.3, -0.25) is 0 Å². The lowest BCUT2D eigenvalue weighted by atomic mass is 9.87. The van der Waals surface area contributed by atoms with Crippen molar-refractivity contribution in [3.05, 3.63) is 83.0 Å². The molecule has 0 aromatic heterocycles. The fourth-order valence-electron chi connectivity index (χ4n) is 3.82. The van der Waals surface area contributed by atoms with E-state index in [1.165, 1.54) is 11.1 Å². The minimum absolute atomic E-state index is 0.214. The zero-order valence-electron chi connectivity index (χ0n) is 23.2. The second-order valence-electron chi connectivity index (χ2n) is 9.63. The van der Waals surface area contributed by atoms with Gasteiger partial charge in [0.25, 0.3) is 0 Å². The van der Waals surface area contributed by atoms with E-state index in [4.69, 9.17) is 18.9 Å². The van der Waals surface area contributed by atoms with Crippen LogP contribution in [0.3, 0.4) is 0 Å². The Labute approximate surface area is 221 Å². The number of hydrogen-bond acceptors (Lipinski definition) is 6. The summed E-state index contributed by atoms with van der Waals surface area (Å²) in [5, 5.41) is 0. The summed E-state index contributed by atoms with van der Waals surface area (Å²) in [6.07, 6.45) is 0.175. The van der Waals surface area contributed by atoms with Crippen LogP contribution in [0.25, 0.3) is 0 Å². The second-order valence-corrected chi connectivity index (χ2v) is 9.63. The van der Waals surface area contributed by atoms with E-state index >= 15 is 0 Å². The maximum Gasteiger partial charge on any atom is 0.333 e. The first-order chi connectivity index (χ1) is 17.4. The fraction of sp³-hybridized carbons (Fsp3) is 0.419. The summed E-state index contributed by atoms with van der Waals surface area (Å²) < 4.78 is 22.4. The summed E-state index contributed by atoms with van der Waals surface area (Å²) in [5.74, 6) is 0.908. The highest BCUT2D eigenvalue weighted by Gasteiger charge is 2.17. The summed E-state index contributed by atoms with van der Waals surface area (Å²) in [4.78, 5) is 23.4. The molecule has 2 atom stereocenters. The Bertz CT molecular complexity index is 1050. The summed E-state index contributed by atoms with van der Waals surface area (Å²) in [5.41, 5.74) is 5.16. The van der Waals surface area contributed by atoms with Crippen LogP contribution in [0.1, 0.15) is 69.2 Å². The Hall–Kier alpha value is -3.54. The van der Waals surface area contributed by atoms with Crippen LogP contribution in [-0.2, 0) is 19.1 Å². The third kappa shape index (κ3) is 8.81. The van der Waals surface area contributed by atoms with Crippen LogP contribution in [-0.4, -0.2) is 37.4 Å². The quantitative estimate of drug-likeness (QED) is 0.224. The van der Waals surface area contributed by atoms with Gasteiger partial charge in [0.15, 0.2) is 0 Å². The second kappa shape index (κ2) is 13.7. The van der Waals surface area contributed by atoms with E-state index in [2.05, 4.69) is 44.3 Å². The van der Waals surface area contributed by atoms with Crippen molar-refractivity contribution >= 4 is 11.9 Å². The number of rotatable bonds is 13. The standard InChI is InChI=1S/C31H40O6/c1-10-27(25-11-13-28(21(6)15-25)34-17-23(8)36-30(32)19(2)3)26-12-14-29(22(7)16-26)35-18-24(9)37-31(33)20(4)5/h11-16,23-24,27H,2,4,10,17-18H2,1,3,5-9H3. The van der Waals surface area contributed by atoms with E-state index in [0.717, 1.165) is 29.0 Å².